The second kappa shape index (κ2) is 6.48. The first-order valence-electron chi connectivity index (χ1n) is 7.79. The van der Waals surface area contributed by atoms with Gasteiger partial charge in [-0.1, -0.05) is 19.9 Å². The standard InChI is InChI=1S/C16H22Cl2N2O3S/c1-5-20(6-2)24(22,23)13-9-12(8-7-11(13)3)19-14(21)15(4)10-16(15,17)18/h7-9H,5-6,10H2,1-4H3,(H,19,21). The van der Waals surface area contributed by atoms with Gasteiger partial charge in [0.1, 0.15) is 4.33 Å². The van der Waals surface area contributed by atoms with E-state index in [1.807, 2.05) is 0 Å². The average molecular weight is 393 g/mol. The maximum absolute atomic E-state index is 12.7. The van der Waals surface area contributed by atoms with E-state index in [1.54, 1.807) is 39.8 Å². The third-order valence-corrected chi connectivity index (χ3v) is 7.82. The summed E-state index contributed by atoms with van der Waals surface area (Å²) in [5.41, 5.74) is 0.175. The maximum atomic E-state index is 12.7. The molecule has 0 spiro atoms. The number of halogens is 2. The van der Waals surface area contributed by atoms with Gasteiger partial charge in [-0.25, -0.2) is 8.42 Å². The van der Waals surface area contributed by atoms with E-state index < -0.39 is 19.8 Å². The molecule has 1 unspecified atom stereocenters. The number of rotatable bonds is 6. The van der Waals surface area contributed by atoms with Gasteiger partial charge in [-0.3, -0.25) is 4.79 Å². The van der Waals surface area contributed by atoms with E-state index in [2.05, 4.69) is 5.32 Å². The van der Waals surface area contributed by atoms with Crippen molar-refractivity contribution in [1.82, 2.24) is 4.31 Å². The Morgan fingerprint density at radius 1 is 1.29 bits per heavy atom. The summed E-state index contributed by atoms with van der Waals surface area (Å²) in [7, 11) is -3.60. The van der Waals surface area contributed by atoms with Crippen LogP contribution < -0.4 is 5.32 Å². The predicted molar refractivity (Wildman–Crippen MR) is 97.1 cm³/mol. The average Bonchev–Trinajstić information content (AvgIpc) is 3.02. The Bertz CT molecular complexity index is 761. The van der Waals surface area contributed by atoms with Crippen molar-refractivity contribution in [2.24, 2.45) is 5.41 Å². The molecule has 1 atom stereocenters. The largest absolute Gasteiger partial charge is 0.325 e. The molecule has 1 N–H and O–H groups in total. The quantitative estimate of drug-likeness (QED) is 0.752. The lowest BCUT2D eigenvalue weighted by molar-refractivity contribution is -0.120. The van der Waals surface area contributed by atoms with Crippen LogP contribution in [0.25, 0.3) is 0 Å². The molecule has 0 aliphatic heterocycles. The Balaban J connectivity index is 2.32. The van der Waals surface area contributed by atoms with Gasteiger partial charge in [0.15, 0.2) is 0 Å². The van der Waals surface area contributed by atoms with Gasteiger partial charge in [0.2, 0.25) is 15.9 Å². The fraction of sp³-hybridized carbons (Fsp3) is 0.562. The molecule has 1 aliphatic carbocycles. The lowest BCUT2D eigenvalue weighted by Gasteiger charge is -2.20. The minimum atomic E-state index is -3.60. The smallest absolute Gasteiger partial charge is 0.243 e. The van der Waals surface area contributed by atoms with Crippen molar-refractivity contribution in [3.63, 3.8) is 0 Å². The SMILES string of the molecule is CCN(CC)S(=O)(=O)c1cc(NC(=O)C2(C)CC2(Cl)Cl)ccc1C. The first-order valence-corrected chi connectivity index (χ1v) is 9.99. The summed E-state index contributed by atoms with van der Waals surface area (Å²) < 4.78 is 25.8. The zero-order chi connectivity index (χ0) is 18.3. The molecule has 2 rings (SSSR count). The van der Waals surface area contributed by atoms with Gasteiger partial charge in [0.05, 0.1) is 10.3 Å². The first-order chi connectivity index (χ1) is 11.0. The molecule has 5 nitrogen and oxygen atoms in total. The second-order valence-electron chi connectivity index (χ2n) is 6.24. The molecule has 0 heterocycles. The van der Waals surface area contributed by atoms with Crippen LogP contribution in [0.2, 0.25) is 0 Å². The highest BCUT2D eigenvalue weighted by Crippen LogP contribution is 2.64. The number of nitrogens with zero attached hydrogens (tertiary/aromatic N) is 1. The fourth-order valence-electron chi connectivity index (χ4n) is 2.57. The number of anilines is 1. The monoisotopic (exact) mass is 392 g/mol. The van der Waals surface area contributed by atoms with E-state index in [4.69, 9.17) is 23.2 Å². The molecule has 8 heteroatoms. The van der Waals surface area contributed by atoms with Crippen LogP contribution in [-0.4, -0.2) is 36.1 Å². The first kappa shape index (κ1) is 19.5. The number of amides is 1. The predicted octanol–water partition coefficient (Wildman–Crippen LogP) is 3.55. The van der Waals surface area contributed by atoms with E-state index in [0.29, 0.717) is 30.8 Å². The van der Waals surface area contributed by atoms with Gasteiger partial charge < -0.3 is 5.32 Å². The van der Waals surface area contributed by atoms with Gasteiger partial charge in [-0.15, -0.1) is 23.2 Å². The zero-order valence-corrected chi connectivity index (χ0v) is 16.5. The van der Waals surface area contributed by atoms with Crippen LogP contribution >= 0.6 is 23.2 Å². The molecule has 1 amide bonds. The van der Waals surface area contributed by atoms with Crippen LogP contribution in [0.1, 0.15) is 32.8 Å². The van der Waals surface area contributed by atoms with E-state index in [9.17, 15) is 13.2 Å². The summed E-state index contributed by atoms with van der Waals surface area (Å²) in [6.45, 7) is 7.76. The number of carbonyl (C=O) groups is 1. The van der Waals surface area contributed by atoms with Crippen LogP contribution in [0.5, 0.6) is 0 Å². The van der Waals surface area contributed by atoms with Gasteiger partial charge >= 0.3 is 0 Å². The summed E-state index contributed by atoms with van der Waals surface area (Å²) in [6.07, 6.45) is 0.366. The third kappa shape index (κ3) is 3.29. The van der Waals surface area contributed by atoms with Gasteiger partial charge in [0, 0.05) is 18.8 Å². The summed E-state index contributed by atoms with van der Waals surface area (Å²) in [5, 5.41) is 2.72. The Hall–Kier alpha value is -0.820. The van der Waals surface area contributed by atoms with Crippen molar-refractivity contribution in [2.75, 3.05) is 18.4 Å². The normalized spacial score (nSPS) is 22.5. The third-order valence-electron chi connectivity index (χ3n) is 4.53. The van der Waals surface area contributed by atoms with E-state index in [0.717, 1.165) is 0 Å². The maximum Gasteiger partial charge on any atom is 0.243 e. The van der Waals surface area contributed by atoms with Crippen LogP contribution in [0.3, 0.4) is 0 Å². The summed E-state index contributed by atoms with van der Waals surface area (Å²) in [5.74, 6) is -0.317. The molecule has 0 aromatic heterocycles. The van der Waals surface area contributed by atoms with Crippen molar-refractivity contribution >= 4 is 44.8 Å². The summed E-state index contributed by atoms with van der Waals surface area (Å²) in [4.78, 5) is 12.6. The van der Waals surface area contributed by atoms with Gasteiger partial charge in [-0.2, -0.15) is 4.31 Å². The Labute approximate surface area is 153 Å². The van der Waals surface area contributed by atoms with Crippen molar-refractivity contribution in [3.8, 4) is 0 Å². The van der Waals surface area contributed by atoms with E-state index in [1.165, 1.54) is 10.4 Å². The molecule has 0 radical (unpaired) electrons. The van der Waals surface area contributed by atoms with Crippen molar-refractivity contribution in [2.45, 2.75) is 43.3 Å². The Kier molecular flexibility index (Phi) is 5.27. The van der Waals surface area contributed by atoms with Crippen LogP contribution in [-0.2, 0) is 14.8 Å². The van der Waals surface area contributed by atoms with Crippen molar-refractivity contribution < 1.29 is 13.2 Å². The number of nitrogens with one attached hydrogen (secondary N) is 1. The molecular weight excluding hydrogens is 371 g/mol. The van der Waals surface area contributed by atoms with E-state index in [-0.39, 0.29) is 10.8 Å². The molecule has 1 saturated carbocycles. The highest BCUT2D eigenvalue weighted by molar-refractivity contribution is 7.89. The number of alkyl halides is 2. The molecule has 0 bridgehead atoms. The van der Waals surface area contributed by atoms with Crippen molar-refractivity contribution in [3.05, 3.63) is 23.8 Å². The van der Waals surface area contributed by atoms with Crippen LogP contribution in [0, 0.1) is 12.3 Å². The van der Waals surface area contributed by atoms with Crippen LogP contribution in [0.4, 0.5) is 5.69 Å². The zero-order valence-electron chi connectivity index (χ0n) is 14.2. The lowest BCUT2D eigenvalue weighted by Crippen LogP contribution is -2.31. The molecule has 1 fully saturated rings. The molecule has 1 aromatic carbocycles. The number of carbonyl (C=O) groups excluding carboxylic acids is 1. The highest BCUT2D eigenvalue weighted by atomic mass is 35.5. The number of sulfonamides is 1. The molecule has 1 aliphatic rings. The molecular formula is C16H22Cl2N2O3S. The molecule has 0 saturated heterocycles. The summed E-state index contributed by atoms with van der Waals surface area (Å²) >= 11 is 12.0. The molecule has 134 valence electrons. The highest BCUT2D eigenvalue weighted by Gasteiger charge is 2.67. The Morgan fingerprint density at radius 3 is 2.29 bits per heavy atom. The topological polar surface area (TPSA) is 66.5 Å². The molecule has 1 aromatic rings. The van der Waals surface area contributed by atoms with Gasteiger partial charge in [0.25, 0.3) is 0 Å². The fourth-order valence-corrected chi connectivity index (χ4v) is 4.99. The Morgan fingerprint density at radius 2 is 1.83 bits per heavy atom. The van der Waals surface area contributed by atoms with Crippen LogP contribution in [0.15, 0.2) is 23.1 Å². The summed E-state index contributed by atoms with van der Waals surface area (Å²) in [6, 6.07) is 4.83. The minimum absolute atomic E-state index is 0.188. The number of hydrogen-bond donors (Lipinski definition) is 1. The minimum Gasteiger partial charge on any atom is -0.325 e. The van der Waals surface area contributed by atoms with Crippen molar-refractivity contribution in [1.29, 1.82) is 0 Å². The number of hydrogen-bond acceptors (Lipinski definition) is 3. The lowest BCUT2D eigenvalue weighted by atomic mass is 10.1. The molecule has 24 heavy (non-hydrogen) atoms. The number of benzene rings is 1. The van der Waals surface area contributed by atoms with E-state index >= 15 is 0 Å². The second-order valence-corrected chi connectivity index (χ2v) is 9.63. The number of aryl methyl sites for hydroxylation is 1. The van der Waals surface area contributed by atoms with Gasteiger partial charge in [-0.05, 0) is 38.0 Å².